The number of aromatic nitrogens is 1. The largest absolute Gasteiger partial charge is 0.286 e. The summed E-state index contributed by atoms with van der Waals surface area (Å²) < 4.78 is 0. The number of thiazole rings is 1. The van der Waals surface area contributed by atoms with Crippen molar-refractivity contribution in [1.29, 1.82) is 0 Å². The Kier molecular flexibility index (Phi) is 2.35. The maximum Gasteiger partial charge on any atom is 0.284 e. The van der Waals surface area contributed by atoms with Crippen molar-refractivity contribution in [3.8, 4) is 0 Å². The number of hydrogen-bond donors (Lipinski definition) is 2. The Labute approximate surface area is 62.3 Å². The molecule has 54 valence electrons. The second-order valence-corrected chi connectivity index (χ2v) is 2.30. The Bertz CT molecular complexity index is 209. The summed E-state index contributed by atoms with van der Waals surface area (Å²) in [4.78, 5) is 14.7. The molecule has 1 aromatic rings. The molecule has 0 bridgehead atoms. The van der Waals surface area contributed by atoms with E-state index in [1.165, 1.54) is 11.3 Å². The third-order valence-corrected chi connectivity index (χ3v) is 1.49. The van der Waals surface area contributed by atoms with Crippen molar-refractivity contribution in [3.05, 3.63) is 16.6 Å². The van der Waals surface area contributed by atoms with Gasteiger partial charge in [-0.3, -0.25) is 10.2 Å². The highest BCUT2D eigenvalue weighted by atomic mass is 32.1. The van der Waals surface area contributed by atoms with Gasteiger partial charge in [0.1, 0.15) is 5.69 Å². The first-order valence-electron chi connectivity index (χ1n) is 2.70. The zero-order valence-electron chi connectivity index (χ0n) is 5.42. The van der Waals surface area contributed by atoms with Crippen LogP contribution in [0.4, 0.5) is 0 Å². The predicted molar refractivity (Wildman–Crippen MR) is 38.6 cm³/mol. The van der Waals surface area contributed by atoms with Gasteiger partial charge < -0.3 is 0 Å². The molecule has 1 aromatic heterocycles. The van der Waals surface area contributed by atoms with E-state index < -0.39 is 0 Å². The van der Waals surface area contributed by atoms with Gasteiger partial charge >= 0.3 is 0 Å². The third kappa shape index (κ3) is 1.52. The van der Waals surface area contributed by atoms with E-state index in [4.69, 9.17) is 0 Å². The lowest BCUT2D eigenvalue weighted by atomic mass is 10.5. The van der Waals surface area contributed by atoms with Crippen LogP contribution in [0.15, 0.2) is 10.9 Å². The highest BCUT2D eigenvalue weighted by Crippen LogP contribution is 1.98. The van der Waals surface area contributed by atoms with Gasteiger partial charge in [-0.15, -0.1) is 11.3 Å². The van der Waals surface area contributed by atoms with E-state index >= 15 is 0 Å². The molecule has 0 unspecified atom stereocenters. The first kappa shape index (κ1) is 7.17. The van der Waals surface area contributed by atoms with Gasteiger partial charge in [-0.25, -0.2) is 10.4 Å². The standard InChI is InChI=1S/C5H7N3OS/c1-6-8-5(9)4-2-10-3-7-4/h2-3,6H,1H3,(H,8,9). The fourth-order valence-electron chi connectivity index (χ4n) is 0.502. The maximum atomic E-state index is 10.9. The number of hydrazine groups is 1. The van der Waals surface area contributed by atoms with Gasteiger partial charge in [0.05, 0.1) is 5.51 Å². The normalized spacial score (nSPS) is 9.30. The first-order valence-corrected chi connectivity index (χ1v) is 3.64. The topological polar surface area (TPSA) is 54.0 Å². The summed E-state index contributed by atoms with van der Waals surface area (Å²) in [6.07, 6.45) is 0. The van der Waals surface area contributed by atoms with E-state index in [2.05, 4.69) is 15.8 Å². The number of nitrogens with one attached hydrogen (secondary N) is 2. The number of amides is 1. The molecule has 0 spiro atoms. The lowest BCUT2D eigenvalue weighted by Gasteiger charge is -1.96. The highest BCUT2D eigenvalue weighted by molar-refractivity contribution is 7.07. The van der Waals surface area contributed by atoms with Crippen molar-refractivity contribution in [3.63, 3.8) is 0 Å². The Morgan fingerprint density at radius 3 is 3.10 bits per heavy atom. The molecular formula is C5H7N3OS. The van der Waals surface area contributed by atoms with Gasteiger partial charge in [-0.2, -0.15) is 0 Å². The van der Waals surface area contributed by atoms with Crippen molar-refractivity contribution in [2.75, 3.05) is 7.05 Å². The zero-order chi connectivity index (χ0) is 7.40. The molecule has 4 nitrogen and oxygen atoms in total. The fraction of sp³-hybridized carbons (Fsp3) is 0.200. The van der Waals surface area contributed by atoms with Gasteiger partial charge in [0, 0.05) is 12.4 Å². The minimum absolute atomic E-state index is 0.205. The Balaban J connectivity index is 2.59. The number of hydrogen-bond acceptors (Lipinski definition) is 4. The summed E-state index contributed by atoms with van der Waals surface area (Å²) >= 11 is 1.39. The van der Waals surface area contributed by atoms with Crippen molar-refractivity contribution < 1.29 is 4.79 Å². The van der Waals surface area contributed by atoms with Crippen LogP contribution in [-0.2, 0) is 0 Å². The van der Waals surface area contributed by atoms with Gasteiger partial charge in [0.2, 0.25) is 0 Å². The molecule has 0 saturated heterocycles. The smallest absolute Gasteiger partial charge is 0.284 e. The molecule has 0 radical (unpaired) electrons. The average Bonchev–Trinajstić information content (AvgIpc) is 2.38. The summed E-state index contributed by atoms with van der Waals surface area (Å²) in [5, 5.41) is 1.69. The molecule has 2 N–H and O–H groups in total. The second-order valence-electron chi connectivity index (χ2n) is 1.58. The van der Waals surface area contributed by atoms with Gasteiger partial charge in [-0.05, 0) is 0 Å². The molecular weight excluding hydrogens is 150 g/mol. The summed E-state index contributed by atoms with van der Waals surface area (Å²) in [5.41, 5.74) is 6.98. The van der Waals surface area contributed by atoms with Crippen LogP contribution in [0, 0.1) is 0 Å². The molecule has 0 aromatic carbocycles. The minimum Gasteiger partial charge on any atom is -0.286 e. The molecule has 0 aliphatic rings. The van der Waals surface area contributed by atoms with Crippen LogP contribution in [0.1, 0.15) is 10.5 Å². The van der Waals surface area contributed by atoms with Crippen LogP contribution >= 0.6 is 11.3 Å². The average molecular weight is 157 g/mol. The number of rotatable bonds is 2. The Hall–Kier alpha value is -0.940. The first-order chi connectivity index (χ1) is 4.84. The van der Waals surface area contributed by atoms with Crippen LogP contribution in [-0.4, -0.2) is 17.9 Å². The summed E-state index contributed by atoms with van der Waals surface area (Å²) in [7, 11) is 1.63. The maximum absolute atomic E-state index is 10.9. The number of carbonyl (C=O) groups excluding carboxylic acids is 1. The quantitative estimate of drug-likeness (QED) is 0.594. The fourth-order valence-corrected chi connectivity index (χ4v) is 1.03. The zero-order valence-corrected chi connectivity index (χ0v) is 6.23. The SMILES string of the molecule is CNNC(=O)c1cscn1. The van der Waals surface area contributed by atoms with Crippen LogP contribution < -0.4 is 10.9 Å². The second kappa shape index (κ2) is 3.28. The lowest BCUT2D eigenvalue weighted by Crippen LogP contribution is -2.34. The van der Waals surface area contributed by atoms with Gasteiger partial charge in [0.25, 0.3) is 5.91 Å². The number of carbonyl (C=O) groups is 1. The number of nitrogens with zero attached hydrogens (tertiary/aromatic N) is 1. The molecule has 1 heterocycles. The molecule has 0 aliphatic carbocycles. The van der Waals surface area contributed by atoms with Crippen molar-refractivity contribution in [2.45, 2.75) is 0 Å². The third-order valence-electron chi connectivity index (χ3n) is 0.903. The van der Waals surface area contributed by atoms with Crippen molar-refractivity contribution >= 4 is 17.2 Å². The van der Waals surface area contributed by atoms with Crippen molar-refractivity contribution in [1.82, 2.24) is 15.8 Å². The van der Waals surface area contributed by atoms with Crippen LogP contribution in [0.2, 0.25) is 0 Å². The monoisotopic (exact) mass is 157 g/mol. The van der Waals surface area contributed by atoms with E-state index in [0.29, 0.717) is 5.69 Å². The minimum atomic E-state index is -0.205. The molecule has 1 rings (SSSR count). The molecule has 0 atom stereocenters. The predicted octanol–water partition coefficient (Wildman–Crippen LogP) is 0.00730. The summed E-state index contributed by atoms with van der Waals surface area (Å²) in [5.74, 6) is -0.205. The van der Waals surface area contributed by atoms with Gasteiger partial charge in [0.15, 0.2) is 0 Å². The van der Waals surface area contributed by atoms with E-state index in [1.807, 2.05) is 0 Å². The molecule has 0 saturated carbocycles. The van der Waals surface area contributed by atoms with Crippen LogP contribution in [0.3, 0.4) is 0 Å². The molecule has 5 heteroatoms. The van der Waals surface area contributed by atoms with E-state index in [0.717, 1.165) is 0 Å². The Morgan fingerprint density at radius 1 is 1.80 bits per heavy atom. The molecule has 1 amide bonds. The lowest BCUT2D eigenvalue weighted by molar-refractivity contribution is 0.0933. The summed E-state index contributed by atoms with van der Waals surface area (Å²) in [6, 6.07) is 0. The van der Waals surface area contributed by atoms with E-state index in [1.54, 1.807) is 17.9 Å². The molecule has 0 fully saturated rings. The molecule has 0 aliphatic heterocycles. The Morgan fingerprint density at radius 2 is 2.60 bits per heavy atom. The molecule has 10 heavy (non-hydrogen) atoms. The highest BCUT2D eigenvalue weighted by Gasteiger charge is 2.03. The van der Waals surface area contributed by atoms with Crippen molar-refractivity contribution in [2.24, 2.45) is 0 Å². The van der Waals surface area contributed by atoms with E-state index in [-0.39, 0.29) is 5.91 Å². The van der Waals surface area contributed by atoms with Crippen LogP contribution in [0.5, 0.6) is 0 Å². The van der Waals surface area contributed by atoms with Crippen LogP contribution in [0.25, 0.3) is 0 Å². The van der Waals surface area contributed by atoms with E-state index in [9.17, 15) is 4.79 Å². The summed E-state index contributed by atoms with van der Waals surface area (Å²) in [6.45, 7) is 0. The van der Waals surface area contributed by atoms with Gasteiger partial charge in [-0.1, -0.05) is 0 Å².